The molecule has 0 radical (unpaired) electrons. The van der Waals surface area contributed by atoms with Crippen LogP contribution in [0.4, 0.5) is 24.5 Å². The van der Waals surface area contributed by atoms with Gasteiger partial charge in [0.05, 0.1) is 12.7 Å². The second-order valence-electron chi connectivity index (χ2n) is 5.00. The standard InChI is InChI=1S/C17H17F3N2O2/c1-24-13-8-6-12(7-9-13)22-16(23)10-11-21-15-5-3-2-4-14(15)17(18,19)20/h2-9,21H,10-11H2,1H3,(H,22,23). The molecule has 0 unspecified atom stereocenters. The van der Waals surface area contributed by atoms with E-state index in [0.717, 1.165) is 6.07 Å². The lowest BCUT2D eigenvalue weighted by molar-refractivity contribution is -0.137. The second-order valence-corrected chi connectivity index (χ2v) is 5.00. The molecule has 0 saturated carbocycles. The Bertz CT molecular complexity index is 685. The van der Waals surface area contributed by atoms with Gasteiger partial charge >= 0.3 is 6.18 Å². The third kappa shape index (κ3) is 4.91. The van der Waals surface area contributed by atoms with Gasteiger partial charge in [-0.3, -0.25) is 4.79 Å². The van der Waals surface area contributed by atoms with Crippen LogP contribution in [0.25, 0.3) is 0 Å². The molecule has 0 heterocycles. The number of hydrogen-bond acceptors (Lipinski definition) is 3. The van der Waals surface area contributed by atoms with Gasteiger partial charge in [-0.1, -0.05) is 12.1 Å². The third-order valence-electron chi connectivity index (χ3n) is 3.27. The molecule has 0 atom stereocenters. The van der Waals surface area contributed by atoms with Gasteiger partial charge in [0, 0.05) is 24.3 Å². The van der Waals surface area contributed by atoms with Crippen molar-refractivity contribution in [1.29, 1.82) is 0 Å². The SMILES string of the molecule is COc1ccc(NC(=O)CCNc2ccccc2C(F)(F)F)cc1. The molecule has 2 aromatic rings. The predicted octanol–water partition coefficient (Wildman–Crippen LogP) is 4.15. The summed E-state index contributed by atoms with van der Waals surface area (Å²) in [5.41, 5.74) is -0.195. The molecule has 2 aromatic carbocycles. The maximum atomic E-state index is 12.9. The first-order chi connectivity index (χ1) is 11.4. The first-order valence-corrected chi connectivity index (χ1v) is 7.24. The fourth-order valence-corrected chi connectivity index (χ4v) is 2.09. The summed E-state index contributed by atoms with van der Waals surface area (Å²) in [5, 5.41) is 5.32. The van der Waals surface area contributed by atoms with Gasteiger partial charge in [-0.25, -0.2) is 0 Å². The number of hydrogen-bond donors (Lipinski definition) is 2. The first-order valence-electron chi connectivity index (χ1n) is 7.24. The molecule has 4 nitrogen and oxygen atoms in total. The molecule has 1 amide bonds. The Labute approximate surface area is 137 Å². The van der Waals surface area contributed by atoms with Crippen LogP contribution in [0, 0.1) is 0 Å². The number of para-hydroxylation sites is 1. The fraction of sp³-hybridized carbons (Fsp3) is 0.235. The summed E-state index contributed by atoms with van der Waals surface area (Å²) in [6, 6.07) is 11.9. The van der Waals surface area contributed by atoms with E-state index in [9.17, 15) is 18.0 Å². The van der Waals surface area contributed by atoms with Gasteiger partial charge in [-0.2, -0.15) is 13.2 Å². The number of alkyl halides is 3. The minimum atomic E-state index is -4.44. The quantitative estimate of drug-likeness (QED) is 0.832. The van der Waals surface area contributed by atoms with Crippen LogP contribution < -0.4 is 15.4 Å². The monoisotopic (exact) mass is 338 g/mol. The predicted molar refractivity (Wildman–Crippen MR) is 86.2 cm³/mol. The average molecular weight is 338 g/mol. The number of methoxy groups -OCH3 is 1. The number of amides is 1. The zero-order valence-electron chi connectivity index (χ0n) is 13.0. The molecule has 0 fully saturated rings. The first kappa shape index (κ1) is 17.7. The topological polar surface area (TPSA) is 50.4 Å². The van der Waals surface area contributed by atoms with E-state index in [0.29, 0.717) is 11.4 Å². The Morgan fingerprint density at radius 1 is 1.08 bits per heavy atom. The molecule has 128 valence electrons. The van der Waals surface area contributed by atoms with Crippen molar-refractivity contribution in [1.82, 2.24) is 0 Å². The zero-order valence-corrected chi connectivity index (χ0v) is 13.0. The van der Waals surface area contributed by atoms with E-state index in [1.807, 2.05) is 0 Å². The van der Waals surface area contributed by atoms with Gasteiger partial charge in [0.1, 0.15) is 5.75 Å². The van der Waals surface area contributed by atoms with Crippen LogP contribution in [0.15, 0.2) is 48.5 Å². The van der Waals surface area contributed by atoms with Crippen molar-refractivity contribution in [2.24, 2.45) is 0 Å². The Kier molecular flexibility index (Phi) is 5.68. The largest absolute Gasteiger partial charge is 0.497 e. The Morgan fingerprint density at radius 3 is 2.38 bits per heavy atom. The third-order valence-corrected chi connectivity index (χ3v) is 3.27. The molecular weight excluding hydrogens is 321 g/mol. The van der Waals surface area contributed by atoms with Crippen molar-refractivity contribution in [2.45, 2.75) is 12.6 Å². The van der Waals surface area contributed by atoms with Crippen LogP contribution >= 0.6 is 0 Å². The Balaban J connectivity index is 1.87. The van der Waals surface area contributed by atoms with Gasteiger partial charge in [0.2, 0.25) is 5.91 Å². The van der Waals surface area contributed by atoms with E-state index in [-0.39, 0.29) is 24.6 Å². The molecule has 2 rings (SSSR count). The summed E-state index contributed by atoms with van der Waals surface area (Å²) in [4.78, 5) is 11.8. The molecular formula is C17H17F3N2O2. The minimum absolute atomic E-state index is 0.0396. The molecule has 0 aliphatic heterocycles. The number of carbonyl (C=O) groups excluding carboxylic acids is 1. The molecule has 0 aromatic heterocycles. The van der Waals surface area contributed by atoms with Gasteiger partial charge < -0.3 is 15.4 Å². The van der Waals surface area contributed by atoms with Crippen LogP contribution in [0.1, 0.15) is 12.0 Å². The van der Waals surface area contributed by atoms with Gasteiger partial charge in [0.15, 0.2) is 0 Å². The van der Waals surface area contributed by atoms with Crippen molar-refractivity contribution < 1.29 is 22.7 Å². The lowest BCUT2D eigenvalue weighted by Gasteiger charge is -2.14. The molecule has 0 aliphatic rings. The van der Waals surface area contributed by atoms with Crippen LogP contribution in [0.5, 0.6) is 5.75 Å². The summed E-state index contributed by atoms with van der Waals surface area (Å²) in [6.45, 7) is 0.0923. The lowest BCUT2D eigenvalue weighted by Crippen LogP contribution is -2.17. The highest BCUT2D eigenvalue weighted by Crippen LogP contribution is 2.34. The van der Waals surface area contributed by atoms with Crippen molar-refractivity contribution >= 4 is 17.3 Å². The van der Waals surface area contributed by atoms with Crippen molar-refractivity contribution in [3.05, 3.63) is 54.1 Å². The Morgan fingerprint density at radius 2 is 1.75 bits per heavy atom. The molecule has 24 heavy (non-hydrogen) atoms. The number of ether oxygens (including phenoxy) is 1. The van der Waals surface area contributed by atoms with Crippen molar-refractivity contribution in [2.75, 3.05) is 24.3 Å². The smallest absolute Gasteiger partial charge is 0.418 e. The molecule has 0 saturated heterocycles. The summed E-state index contributed by atoms with van der Waals surface area (Å²) in [6.07, 6.45) is -4.40. The lowest BCUT2D eigenvalue weighted by atomic mass is 10.1. The van der Waals surface area contributed by atoms with Crippen LogP contribution in [0.2, 0.25) is 0 Å². The summed E-state index contributed by atoms with van der Waals surface area (Å²) >= 11 is 0. The molecule has 7 heteroatoms. The number of nitrogens with one attached hydrogen (secondary N) is 2. The van der Waals surface area contributed by atoms with Crippen molar-refractivity contribution in [3.63, 3.8) is 0 Å². The van der Waals surface area contributed by atoms with Gasteiger partial charge in [-0.15, -0.1) is 0 Å². The number of halogens is 3. The van der Waals surface area contributed by atoms with Crippen LogP contribution in [-0.2, 0) is 11.0 Å². The van der Waals surface area contributed by atoms with E-state index < -0.39 is 11.7 Å². The maximum absolute atomic E-state index is 12.9. The van der Waals surface area contributed by atoms with E-state index in [2.05, 4.69) is 10.6 Å². The number of carbonyl (C=O) groups is 1. The van der Waals surface area contributed by atoms with E-state index in [1.165, 1.54) is 25.3 Å². The molecule has 0 bridgehead atoms. The number of benzene rings is 2. The Hall–Kier alpha value is -2.70. The van der Waals surface area contributed by atoms with E-state index in [4.69, 9.17) is 4.74 Å². The highest BCUT2D eigenvalue weighted by molar-refractivity contribution is 5.91. The molecule has 0 spiro atoms. The highest BCUT2D eigenvalue weighted by atomic mass is 19.4. The number of rotatable bonds is 6. The average Bonchev–Trinajstić information content (AvgIpc) is 2.55. The summed E-state index contributed by atoms with van der Waals surface area (Å²) in [7, 11) is 1.54. The van der Waals surface area contributed by atoms with Crippen molar-refractivity contribution in [3.8, 4) is 5.75 Å². The number of anilines is 2. The zero-order chi connectivity index (χ0) is 17.6. The molecule has 2 N–H and O–H groups in total. The van der Waals surface area contributed by atoms with Gasteiger partial charge in [-0.05, 0) is 36.4 Å². The fourth-order valence-electron chi connectivity index (χ4n) is 2.09. The molecule has 0 aliphatic carbocycles. The summed E-state index contributed by atoms with van der Waals surface area (Å²) in [5.74, 6) is 0.371. The second kappa shape index (κ2) is 7.72. The maximum Gasteiger partial charge on any atom is 0.418 e. The van der Waals surface area contributed by atoms with Crippen LogP contribution in [0.3, 0.4) is 0 Å². The van der Waals surface area contributed by atoms with Gasteiger partial charge in [0.25, 0.3) is 0 Å². The van der Waals surface area contributed by atoms with Crippen LogP contribution in [-0.4, -0.2) is 19.6 Å². The van der Waals surface area contributed by atoms with E-state index in [1.54, 1.807) is 24.3 Å². The minimum Gasteiger partial charge on any atom is -0.497 e. The van der Waals surface area contributed by atoms with E-state index >= 15 is 0 Å². The highest BCUT2D eigenvalue weighted by Gasteiger charge is 2.32. The summed E-state index contributed by atoms with van der Waals surface area (Å²) < 4.78 is 43.6. The normalized spacial score (nSPS) is 11.0.